The second kappa shape index (κ2) is 8.62. The van der Waals surface area contributed by atoms with Crippen LogP contribution in [0, 0.1) is 13.8 Å². The van der Waals surface area contributed by atoms with Crippen LogP contribution >= 0.6 is 11.3 Å². The lowest BCUT2D eigenvalue weighted by molar-refractivity contribution is 0.325. The van der Waals surface area contributed by atoms with Gasteiger partial charge < -0.3 is 10.1 Å². The standard InChI is InChI=1S/C20H24N8OS/c1-5-29-18-8-6-7-16(21-18)12-27-10-9-17(26-27)22-20-24-23-19(30-20)15(4)28-14(3)11-13(2)25-28/h6-11,15H,5,12H2,1-4H3,(H,22,24,26). The van der Waals surface area contributed by atoms with E-state index in [1.165, 1.54) is 11.3 Å². The molecule has 1 N–H and O–H groups in total. The minimum absolute atomic E-state index is 0.0213. The van der Waals surface area contributed by atoms with Crippen LogP contribution in [0.4, 0.5) is 10.9 Å². The molecule has 156 valence electrons. The molecule has 0 amide bonds. The first kappa shape index (κ1) is 20.0. The van der Waals surface area contributed by atoms with E-state index in [-0.39, 0.29) is 6.04 Å². The van der Waals surface area contributed by atoms with Gasteiger partial charge in [0.15, 0.2) is 5.82 Å². The molecule has 0 radical (unpaired) electrons. The van der Waals surface area contributed by atoms with E-state index in [2.05, 4.69) is 43.7 Å². The second-order valence-corrected chi connectivity index (χ2v) is 7.93. The van der Waals surface area contributed by atoms with Gasteiger partial charge in [-0.05, 0) is 39.8 Å². The summed E-state index contributed by atoms with van der Waals surface area (Å²) in [5.74, 6) is 1.33. The summed E-state index contributed by atoms with van der Waals surface area (Å²) in [5.41, 5.74) is 2.98. The van der Waals surface area contributed by atoms with Gasteiger partial charge in [-0.2, -0.15) is 10.2 Å². The summed E-state index contributed by atoms with van der Waals surface area (Å²) in [6, 6.07) is 9.72. The first-order chi connectivity index (χ1) is 14.5. The first-order valence-electron chi connectivity index (χ1n) is 9.77. The smallest absolute Gasteiger partial charge is 0.213 e. The van der Waals surface area contributed by atoms with Crippen LogP contribution in [0.2, 0.25) is 0 Å². The molecule has 0 spiro atoms. The highest BCUT2D eigenvalue weighted by Gasteiger charge is 2.17. The topological polar surface area (TPSA) is 95.6 Å². The summed E-state index contributed by atoms with van der Waals surface area (Å²) in [6.45, 7) is 9.19. The highest BCUT2D eigenvalue weighted by atomic mass is 32.1. The number of aromatic nitrogens is 7. The molecule has 0 saturated carbocycles. The number of aryl methyl sites for hydroxylation is 2. The van der Waals surface area contributed by atoms with Crippen molar-refractivity contribution in [2.24, 2.45) is 0 Å². The van der Waals surface area contributed by atoms with Crippen molar-refractivity contribution in [1.82, 2.24) is 34.7 Å². The number of nitrogens with zero attached hydrogens (tertiary/aromatic N) is 7. The molecule has 0 fully saturated rings. The number of anilines is 2. The van der Waals surface area contributed by atoms with E-state index in [4.69, 9.17) is 4.74 Å². The normalized spacial score (nSPS) is 12.1. The SMILES string of the molecule is CCOc1cccc(Cn2ccc(Nc3nnc(C(C)n4nc(C)cc4C)s3)n2)n1. The van der Waals surface area contributed by atoms with Gasteiger partial charge in [0.25, 0.3) is 0 Å². The molecular formula is C20H24N8OS. The summed E-state index contributed by atoms with van der Waals surface area (Å²) in [4.78, 5) is 4.48. The average Bonchev–Trinajstić information content (AvgIpc) is 3.43. The molecule has 0 aliphatic heterocycles. The number of hydrogen-bond donors (Lipinski definition) is 1. The zero-order chi connectivity index (χ0) is 21.1. The molecule has 9 nitrogen and oxygen atoms in total. The van der Waals surface area contributed by atoms with E-state index in [9.17, 15) is 0 Å². The average molecular weight is 425 g/mol. The Hall–Kier alpha value is -3.27. The maximum atomic E-state index is 5.46. The van der Waals surface area contributed by atoms with Crippen LogP contribution in [0.15, 0.2) is 36.5 Å². The molecule has 1 unspecified atom stereocenters. The third-order valence-corrected chi connectivity index (χ3v) is 5.49. The van der Waals surface area contributed by atoms with Crippen molar-refractivity contribution in [3.8, 4) is 5.88 Å². The first-order valence-corrected chi connectivity index (χ1v) is 10.6. The molecule has 4 heterocycles. The van der Waals surface area contributed by atoms with Crippen LogP contribution in [0.25, 0.3) is 0 Å². The molecule has 1 atom stereocenters. The maximum absolute atomic E-state index is 5.46. The van der Waals surface area contributed by atoms with Crippen molar-refractivity contribution in [1.29, 1.82) is 0 Å². The van der Waals surface area contributed by atoms with Gasteiger partial charge in [-0.3, -0.25) is 9.36 Å². The molecule has 0 aliphatic carbocycles. The molecule has 10 heteroatoms. The summed E-state index contributed by atoms with van der Waals surface area (Å²) >= 11 is 1.50. The van der Waals surface area contributed by atoms with Gasteiger partial charge >= 0.3 is 0 Å². The van der Waals surface area contributed by atoms with E-state index in [0.717, 1.165) is 22.1 Å². The molecule has 0 aliphatic rings. The minimum Gasteiger partial charge on any atom is -0.478 e. The molecule has 4 aromatic heterocycles. The van der Waals surface area contributed by atoms with Gasteiger partial charge in [0.2, 0.25) is 11.0 Å². The number of nitrogens with one attached hydrogen (secondary N) is 1. The van der Waals surface area contributed by atoms with E-state index in [0.29, 0.717) is 30.0 Å². The molecular weight excluding hydrogens is 400 g/mol. The Kier molecular flexibility index (Phi) is 5.75. The lowest BCUT2D eigenvalue weighted by atomic mass is 10.3. The maximum Gasteiger partial charge on any atom is 0.213 e. The fourth-order valence-electron chi connectivity index (χ4n) is 3.16. The van der Waals surface area contributed by atoms with Crippen LogP contribution in [0.3, 0.4) is 0 Å². The summed E-state index contributed by atoms with van der Waals surface area (Å²) in [5, 5.41) is 22.5. The van der Waals surface area contributed by atoms with Gasteiger partial charge in [0.05, 0.1) is 24.5 Å². The predicted octanol–water partition coefficient (Wildman–Crippen LogP) is 3.74. The summed E-state index contributed by atoms with van der Waals surface area (Å²) in [6.07, 6.45) is 1.90. The fourth-order valence-corrected chi connectivity index (χ4v) is 3.95. The van der Waals surface area contributed by atoms with Crippen LogP contribution in [-0.2, 0) is 6.54 Å². The zero-order valence-electron chi connectivity index (χ0n) is 17.4. The van der Waals surface area contributed by atoms with Crippen molar-refractivity contribution >= 4 is 22.3 Å². The van der Waals surface area contributed by atoms with Gasteiger partial charge in [-0.1, -0.05) is 17.4 Å². The van der Waals surface area contributed by atoms with Crippen LogP contribution in [0.5, 0.6) is 5.88 Å². The van der Waals surface area contributed by atoms with Crippen LogP contribution < -0.4 is 10.1 Å². The third kappa shape index (κ3) is 4.48. The molecule has 0 aromatic carbocycles. The minimum atomic E-state index is 0.0213. The highest BCUT2D eigenvalue weighted by molar-refractivity contribution is 7.15. The van der Waals surface area contributed by atoms with E-state index in [1.807, 2.05) is 60.6 Å². The van der Waals surface area contributed by atoms with Crippen molar-refractivity contribution in [3.63, 3.8) is 0 Å². The van der Waals surface area contributed by atoms with Gasteiger partial charge in [-0.15, -0.1) is 10.2 Å². The van der Waals surface area contributed by atoms with Crippen molar-refractivity contribution < 1.29 is 4.74 Å². The number of hydrogen-bond acceptors (Lipinski definition) is 8. The van der Waals surface area contributed by atoms with Crippen molar-refractivity contribution in [2.45, 2.75) is 40.3 Å². The predicted molar refractivity (Wildman–Crippen MR) is 115 cm³/mol. The lowest BCUT2D eigenvalue weighted by Gasteiger charge is -2.10. The monoisotopic (exact) mass is 424 g/mol. The van der Waals surface area contributed by atoms with E-state index < -0.39 is 0 Å². The fraction of sp³-hybridized carbons (Fsp3) is 0.350. The Morgan fingerprint density at radius 2 is 2.03 bits per heavy atom. The van der Waals surface area contributed by atoms with Gasteiger partial charge in [-0.25, -0.2) is 4.98 Å². The Labute approximate surface area is 178 Å². The molecule has 0 saturated heterocycles. The van der Waals surface area contributed by atoms with Gasteiger partial charge in [0, 0.05) is 24.0 Å². The number of pyridine rings is 1. The van der Waals surface area contributed by atoms with Crippen molar-refractivity contribution in [2.75, 3.05) is 11.9 Å². The van der Waals surface area contributed by atoms with E-state index >= 15 is 0 Å². The van der Waals surface area contributed by atoms with Crippen molar-refractivity contribution in [3.05, 3.63) is 58.6 Å². The lowest BCUT2D eigenvalue weighted by Crippen LogP contribution is -2.10. The third-order valence-electron chi connectivity index (χ3n) is 4.48. The molecule has 4 rings (SSSR count). The zero-order valence-corrected chi connectivity index (χ0v) is 18.2. The Balaban J connectivity index is 1.42. The largest absolute Gasteiger partial charge is 0.478 e. The molecule has 30 heavy (non-hydrogen) atoms. The van der Waals surface area contributed by atoms with Crippen LogP contribution in [0.1, 0.15) is 42.0 Å². The summed E-state index contributed by atoms with van der Waals surface area (Å²) < 4.78 is 9.25. The van der Waals surface area contributed by atoms with E-state index in [1.54, 1.807) is 0 Å². The highest BCUT2D eigenvalue weighted by Crippen LogP contribution is 2.27. The molecule has 4 aromatic rings. The Morgan fingerprint density at radius 1 is 1.17 bits per heavy atom. The Bertz CT molecular complexity index is 1130. The summed E-state index contributed by atoms with van der Waals surface area (Å²) in [7, 11) is 0. The number of rotatable bonds is 8. The van der Waals surface area contributed by atoms with Gasteiger partial charge in [0.1, 0.15) is 11.0 Å². The second-order valence-electron chi connectivity index (χ2n) is 6.92. The van der Waals surface area contributed by atoms with Crippen LogP contribution in [-0.4, -0.2) is 41.3 Å². The molecule has 0 bridgehead atoms. The number of ether oxygens (including phenoxy) is 1. The Morgan fingerprint density at radius 3 is 2.80 bits per heavy atom. The quantitative estimate of drug-likeness (QED) is 0.460.